The van der Waals surface area contributed by atoms with Gasteiger partial charge in [-0.05, 0) is 37.0 Å². The van der Waals surface area contributed by atoms with Gasteiger partial charge in [0.1, 0.15) is 29.7 Å². The van der Waals surface area contributed by atoms with Crippen LogP contribution in [0.5, 0.6) is 11.8 Å². The molecule has 294 valence electrons. The number of hydrogen-bond acceptors (Lipinski definition) is 12. The van der Waals surface area contributed by atoms with Crippen LogP contribution in [-0.4, -0.2) is 129 Å². The van der Waals surface area contributed by atoms with Crippen LogP contribution >= 0.6 is 11.8 Å². The van der Waals surface area contributed by atoms with Crippen LogP contribution in [0.25, 0.3) is 11.3 Å². The van der Waals surface area contributed by atoms with Crippen molar-refractivity contribution in [2.24, 2.45) is 17.6 Å². The number of piperidine rings is 1. The van der Waals surface area contributed by atoms with Gasteiger partial charge in [-0.3, -0.25) is 14.2 Å². The van der Waals surface area contributed by atoms with E-state index >= 15 is 4.39 Å². The molecule has 3 aliphatic heterocycles. The lowest BCUT2D eigenvalue weighted by atomic mass is 9.84. The van der Waals surface area contributed by atoms with Gasteiger partial charge < -0.3 is 55.8 Å². The SMILES string of the molecule is NC(CSc1cc(O)n(CCOCCNC(=O)OC2C(=O)N(C(c3ncc(-c4cc(F)ccc4F)[nH]3)C3CCOCC3)CC3C(F)CNC23)c1O)C(=O)O. The van der Waals surface area contributed by atoms with Crippen LogP contribution < -0.4 is 16.4 Å². The molecule has 8 N–H and O–H groups in total. The highest BCUT2D eigenvalue weighted by atomic mass is 32.2. The minimum atomic E-state index is -1.39. The van der Waals surface area contributed by atoms with Gasteiger partial charge in [-0.15, -0.1) is 11.8 Å². The first-order valence-corrected chi connectivity index (χ1v) is 18.4. The van der Waals surface area contributed by atoms with E-state index in [1.54, 1.807) is 0 Å². The van der Waals surface area contributed by atoms with Gasteiger partial charge >= 0.3 is 12.1 Å². The first kappa shape index (κ1) is 39.2. The van der Waals surface area contributed by atoms with E-state index in [1.165, 1.54) is 17.2 Å². The fraction of sp³-hybridized carbons (Fsp3) is 0.529. The molecule has 3 aliphatic rings. The monoisotopic (exact) mass is 781 g/mol. The smallest absolute Gasteiger partial charge is 0.408 e. The van der Waals surface area contributed by atoms with Gasteiger partial charge in [0, 0.05) is 56.1 Å². The summed E-state index contributed by atoms with van der Waals surface area (Å²) >= 11 is 0.973. The van der Waals surface area contributed by atoms with Crippen LogP contribution in [-0.2, 0) is 30.3 Å². The fourth-order valence-corrected chi connectivity index (χ4v) is 7.98. The number of carboxylic acid groups (broad SMARTS) is 1. The third-order valence-electron chi connectivity index (χ3n) is 9.83. The van der Waals surface area contributed by atoms with E-state index in [-0.39, 0.29) is 79.0 Å². The van der Waals surface area contributed by atoms with Gasteiger partial charge in [-0.2, -0.15) is 0 Å². The minimum Gasteiger partial charge on any atom is -0.494 e. The van der Waals surface area contributed by atoms with Crippen LogP contribution in [0.2, 0.25) is 0 Å². The van der Waals surface area contributed by atoms with Crippen molar-refractivity contribution in [2.45, 2.75) is 54.7 Å². The Morgan fingerprint density at radius 2 is 1.96 bits per heavy atom. The second kappa shape index (κ2) is 17.3. The summed E-state index contributed by atoms with van der Waals surface area (Å²) in [5, 5.41) is 35.1. The number of rotatable bonds is 15. The predicted molar refractivity (Wildman–Crippen MR) is 185 cm³/mol. The highest BCUT2D eigenvalue weighted by molar-refractivity contribution is 7.99. The molecule has 6 rings (SSSR count). The number of alkyl carbamates (subject to hydrolysis) is 1. The number of carbonyl (C=O) groups is 3. The lowest BCUT2D eigenvalue weighted by Gasteiger charge is -2.45. The highest BCUT2D eigenvalue weighted by Crippen LogP contribution is 2.41. The number of amides is 2. The van der Waals surface area contributed by atoms with Gasteiger partial charge in [0.25, 0.3) is 5.91 Å². The van der Waals surface area contributed by atoms with Crippen molar-refractivity contribution < 1.29 is 57.1 Å². The Bertz CT molecular complexity index is 1810. The van der Waals surface area contributed by atoms with Gasteiger partial charge in [-0.25, -0.2) is 22.9 Å². The average Bonchev–Trinajstić information content (AvgIpc) is 3.85. The Morgan fingerprint density at radius 1 is 1.19 bits per heavy atom. The number of alkyl halides is 1. The zero-order valence-corrected chi connectivity index (χ0v) is 29.8. The van der Waals surface area contributed by atoms with E-state index in [9.17, 15) is 33.4 Å². The summed E-state index contributed by atoms with van der Waals surface area (Å²) < 4.78 is 61.9. The summed E-state index contributed by atoms with van der Waals surface area (Å²) in [5.74, 6) is -4.25. The van der Waals surface area contributed by atoms with Crippen molar-refractivity contribution in [1.29, 1.82) is 0 Å². The molecule has 54 heavy (non-hydrogen) atoms. The number of nitrogens with one attached hydrogen (secondary N) is 3. The van der Waals surface area contributed by atoms with Crippen LogP contribution in [0.3, 0.4) is 0 Å². The molecule has 6 atom stereocenters. The number of carbonyl (C=O) groups excluding carboxylic acids is 2. The number of halogens is 3. The van der Waals surface area contributed by atoms with E-state index in [1.807, 2.05) is 0 Å². The van der Waals surface area contributed by atoms with Crippen molar-refractivity contribution in [3.63, 3.8) is 0 Å². The summed E-state index contributed by atoms with van der Waals surface area (Å²) in [6.45, 7) is 0.788. The number of aromatic hydroxyl groups is 2. The summed E-state index contributed by atoms with van der Waals surface area (Å²) in [7, 11) is 0. The lowest BCUT2D eigenvalue weighted by Crippen LogP contribution is -2.62. The molecule has 6 unspecified atom stereocenters. The second-order valence-corrected chi connectivity index (χ2v) is 14.3. The molecule has 0 bridgehead atoms. The van der Waals surface area contributed by atoms with Crippen molar-refractivity contribution in [1.82, 2.24) is 30.1 Å². The normalized spacial score (nSPS) is 22.9. The fourth-order valence-electron chi connectivity index (χ4n) is 7.05. The van der Waals surface area contributed by atoms with Crippen molar-refractivity contribution in [3.05, 3.63) is 47.9 Å². The standard InChI is InChI=1S/C34H42F3N7O9S/c35-18-1-2-21(36)19(11-18)24-14-41-30(42-24)28(17-3-7-51-8-4-17)44-15-20-22(37)13-40-27(20)29(32(44)47)53-34(50)39-5-9-52-10-6-43-26(45)12-25(31(43)46)54-16-23(38)33(48)49/h1-2,11-12,14,17,20,22-23,27-29,40,45-46H,3-10,13,15-16,38H2,(H,39,50)(H,41,42)(H,48,49). The maximum Gasteiger partial charge on any atom is 0.408 e. The molecule has 0 spiro atoms. The molecule has 20 heteroatoms. The van der Waals surface area contributed by atoms with Crippen LogP contribution in [0.15, 0.2) is 35.4 Å². The summed E-state index contributed by atoms with van der Waals surface area (Å²) in [4.78, 5) is 47.4. The largest absolute Gasteiger partial charge is 0.494 e. The van der Waals surface area contributed by atoms with Gasteiger partial charge in [-0.1, -0.05) is 0 Å². The molecule has 1 aromatic carbocycles. The molecule has 0 aliphatic carbocycles. The number of aromatic amines is 1. The Morgan fingerprint density at radius 3 is 2.72 bits per heavy atom. The van der Waals surface area contributed by atoms with Gasteiger partial charge in [0.2, 0.25) is 5.88 Å². The molecule has 3 fully saturated rings. The Balaban J connectivity index is 1.08. The molecule has 3 aromatic rings. The number of hydrogen-bond donors (Lipinski definition) is 7. The van der Waals surface area contributed by atoms with Crippen molar-refractivity contribution in [3.8, 4) is 23.0 Å². The Kier molecular flexibility index (Phi) is 12.6. The number of imidazole rings is 1. The quantitative estimate of drug-likeness (QED) is 0.0868. The van der Waals surface area contributed by atoms with Crippen molar-refractivity contribution >= 4 is 29.7 Å². The number of nitrogens with zero attached hydrogens (tertiary/aromatic N) is 3. The van der Waals surface area contributed by atoms with Crippen molar-refractivity contribution in [2.75, 3.05) is 51.8 Å². The van der Waals surface area contributed by atoms with E-state index in [4.69, 9.17) is 25.1 Å². The molecule has 3 saturated heterocycles. The Labute approximate surface area is 311 Å². The first-order chi connectivity index (χ1) is 25.9. The maximum atomic E-state index is 15.3. The zero-order chi connectivity index (χ0) is 38.5. The number of H-pyrrole nitrogens is 1. The molecule has 5 heterocycles. The van der Waals surface area contributed by atoms with Crippen LogP contribution in [0.1, 0.15) is 24.7 Å². The number of likely N-dealkylation sites (tertiary alicyclic amines) is 1. The topological polar surface area (TPSA) is 227 Å². The van der Waals surface area contributed by atoms with E-state index in [0.29, 0.717) is 31.9 Å². The number of aromatic nitrogens is 3. The molecule has 16 nitrogen and oxygen atoms in total. The van der Waals surface area contributed by atoms with Gasteiger partial charge in [0.05, 0.1) is 48.6 Å². The molecular weight excluding hydrogens is 739 g/mol. The van der Waals surface area contributed by atoms with Gasteiger partial charge in [0.15, 0.2) is 12.0 Å². The third-order valence-corrected chi connectivity index (χ3v) is 11.0. The highest BCUT2D eigenvalue weighted by Gasteiger charge is 2.54. The number of ether oxygens (including phenoxy) is 3. The second-order valence-electron chi connectivity index (χ2n) is 13.3. The molecular formula is C34H42F3N7O9S. The minimum absolute atomic E-state index is 0.00191. The Hall–Kier alpha value is -4.50. The van der Waals surface area contributed by atoms with E-state index < -0.39 is 65.9 Å². The van der Waals surface area contributed by atoms with E-state index in [0.717, 1.165) is 34.5 Å². The number of thioether (sulfide) groups is 1. The lowest BCUT2D eigenvalue weighted by molar-refractivity contribution is -0.155. The zero-order valence-electron chi connectivity index (χ0n) is 29.0. The van der Waals surface area contributed by atoms with Crippen LogP contribution in [0.4, 0.5) is 18.0 Å². The summed E-state index contributed by atoms with van der Waals surface area (Å²) in [6, 6.07) is 1.64. The molecule has 2 aromatic heterocycles. The number of aliphatic carboxylic acids is 1. The third kappa shape index (κ3) is 8.72. The summed E-state index contributed by atoms with van der Waals surface area (Å²) in [6.07, 6.45) is -1.22. The molecule has 2 amide bonds. The predicted octanol–water partition coefficient (Wildman–Crippen LogP) is 2.12. The van der Waals surface area contributed by atoms with Crippen LogP contribution in [0, 0.1) is 23.5 Å². The number of fused-ring (bicyclic) bond motifs is 1. The number of nitrogens with two attached hydrogens (primary N) is 1. The molecule has 0 radical (unpaired) electrons. The molecule has 0 saturated carbocycles. The summed E-state index contributed by atoms with van der Waals surface area (Å²) in [5.41, 5.74) is 5.65. The average molecular weight is 782 g/mol. The van der Waals surface area contributed by atoms with E-state index in [2.05, 4.69) is 20.6 Å². The number of carboxylic acids is 1. The number of benzene rings is 1. The maximum absolute atomic E-state index is 15.3. The first-order valence-electron chi connectivity index (χ1n) is 17.4.